The van der Waals surface area contributed by atoms with Crippen LogP contribution in [0, 0.1) is 0 Å². The van der Waals surface area contributed by atoms with Crippen molar-refractivity contribution in [1.82, 2.24) is 0 Å². The average molecular weight is 302 g/mol. The van der Waals surface area contributed by atoms with Crippen LogP contribution in [0.3, 0.4) is 0 Å². The Morgan fingerprint density at radius 2 is 1.81 bits per heavy atom. The molecule has 2 rings (SSSR count). The molecular formula is C10H8BrNO3S. The van der Waals surface area contributed by atoms with Gasteiger partial charge in [-0.1, -0.05) is 22.0 Å². The second-order valence-electron chi connectivity index (χ2n) is 3.32. The van der Waals surface area contributed by atoms with Crippen molar-refractivity contribution in [2.45, 2.75) is 4.90 Å². The summed E-state index contributed by atoms with van der Waals surface area (Å²) in [4.78, 5) is -0.147. The highest BCUT2D eigenvalue weighted by Gasteiger charge is 2.11. The van der Waals surface area contributed by atoms with E-state index >= 15 is 0 Å². The number of hydrogen-bond acceptors (Lipinski definition) is 3. The maximum Gasteiger partial charge on any atom is 0.294 e. The molecule has 0 unspecified atom stereocenters. The molecule has 0 fully saturated rings. The van der Waals surface area contributed by atoms with Gasteiger partial charge in [-0.05, 0) is 29.7 Å². The summed E-state index contributed by atoms with van der Waals surface area (Å²) in [5.74, 6) is 0. The van der Waals surface area contributed by atoms with Crippen LogP contribution in [0.2, 0.25) is 0 Å². The molecule has 0 saturated heterocycles. The van der Waals surface area contributed by atoms with E-state index in [0.717, 1.165) is 9.86 Å². The lowest BCUT2D eigenvalue weighted by Crippen LogP contribution is -1.98. The minimum Gasteiger partial charge on any atom is -0.398 e. The van der Waals surface area contributed by atoms with E-state index in [1.54, 1.807) is 18.2 Å². The van der Waals surface area contributed by atoms with Crippen LogP contribution in [-0.4, -0.2) is 13.0 Å². The third kappa shape index (κ3) is 1.91. The summed E-state index contributed by atoms with van der Waals surface area (Å²) in [6, 6.07) is 7.72. The lowest BCUT2D eigenvalue weighted by Gasteiger charge is -2.05. The van der Waals surface area contributed by atoms with E-state index < -0.39 is 10.1 Å². The predicted molar refractivity (Wildman–Crippen MR) is 65.9 cm³/mol. The van der Waals surface area contributed by atoms with Gasteiger partial charge in [0.15, 0.2) is 0 Å². The number of nitrogens with two attached hydrogens (primary N) is 1. The van der Waals surface area contributed by atoms with Gasteiger partial charge in [0.25, 0.3) is 10.1 Å². The molecule has 16 heavy (non-hydrogen) atoms. The highest BCUT2D eigenvalue weighted by Crippen LogP contribution is 2.30. The molecule has 0 bridgehead atoms. The largest absolute Gasteiger partial charge is 0.398 e. The molecule has 0 aliphatic carbocycles. The van der Waals surface area contributed by atoms with Crippen LogP contribution in [0.5, 0.6) is 0 Å². The van der Waals surface area contributed by atoms with Crippen LogP contribution in [0.1, 0.15) is 0 Å². The van der Waals surface area contributed by atoms with E-state index in [1.165, 1.54) is 12.1 Å². The minimum atomic E-state index is -4.19. The first kappa shape index (κ1) is 11.4. The normalized spacial score (nSPS) is 11.9. The van der Waals surface area contributed by atoms with E-state index in [2.05, 4.69) is 15.9 Å². The number of rotatable bonds is 1. The summed E-state index contributed by atoms with van der Waals surface area (Å²) >= 11 is 3.30. The number of benzene rings is 2. The molecule has 0 amide bonds. The van der Waals surface area contributed by atoms with Gasteiger partial charge in [-0.2, -0.15) is 8.42 Å². The van der Waals surface area contributed by atoms with Gasteiger partial charge in [0, 0.05) is 15.5 Å². The van der Waals surface area contributed by atoms with Gasteiger partial charge in [0.05, 0.1) is 4.90 Å². The van der Waals surface area contributed by atoms with Crippen LogP contribution in [-0.2, 0) is 10.1 Å². The van der Waals surface area contributed by atoms with E-state index in [9.17, 15) is 8.42 Å². The molecule has 2 aromatic carbocycles. The Labute approximate surface area is 101 Å². The molecule has 0 saturated carbocycles. The van der Waals surface area contributed by atoms with Gasteiger partial charge >= 0.3 is 0 Å². The van der Waals surface area contributed by atoms with Crippen LogP contribution in [0.15, 0.2) is 39.7 Å². The van der Waals surface area contributed by atoms with Gasteiger partial charge in [-0.3, -0.25) is 4.55 Å². The maximum atomic E-state index is 11.0. The Balaban J connectivity index is 2.86. The molecule has 84 valence electrons. The van der Waals surface area contributed by atoms with Crippen molar-refractivity contribution in [3.63, 3.8) is 0 Å². The summed E-state index contributed by atoms with van der Waals surface area (Å²) in [5, 5.41) is 1.39. The van der Waals surface area contributed by atoms with Gasteiger partial charge in [0.1, 0.15) is 0 Å². The summed E-state index contributed by atoms with van der Waals surface area (Å²) in [7, 11) is -4.19. The smallest absolute Gasteiger partial charge is 0.294 e. The van der Waals surface area contributed by atoms with Crippen molar-refractivity contribution in [3.8, 4) is 0 Å². The van der Waals surface area contributed by atoms with Gasteiger partial charge in [-0.25, -0.2) is 0 Å². The second-order valence-corrected chi connectivity index (χ2v) is 5.59. The number of anilines is 1. The van der Waals surface area contributed by atoms with Gasteiger partial charge < -0.3 is 5.73 Å². The average Bonchev–Trinajstić information content (AvgIpc) is 2.22. The second kappa shape index (κ2) is 3.73. The number of halogens is 1. The first-order valence-corrected chi connectivity index (χ1v) is 6.58. The third-order valence-corrected chi connectivity index (χ3v) is 3.81. The molecule has 0 atom stereocenters. The zero-order valence-corrected chi connectivity index (χ0v) is 10.4. The fourth-order valence-corrected chi connectivity index (χ4v) is 2.44. The monoisotopic (exact) mass is 301 g/mol. The standard InChI is InChI=1S/C10H8BrNO3S/c11-9-3-4-10(12)7-2-1-6(5-8(7)9)16(13,14)15/h1-5H,12H2,(H,13,14,15). The Morgan fingerprint density at radius 1 is 1.12 bits per heavy atom. The fourth-order valence-electron chi connectivity index (χ4n) is 1.48. The SMILES string of the molecule is Nc1ccc(Br)c2cc(S(=O)(=O)O)ccc12. The molecule has 2 aromatic rings. The van der Waals surface area contributed by atoms with Crippen LogP contribution in [0.25, 0.3) is 10.8 Å². The molecule has 4 nitrogen and oxygen atoms in total. The van der Waals surface area contributed by atoms with Crippen molar-refractivity contribution in [2.24, 2.45) is 0 Å². The Kier molecular flexibility index (Phi) is 2.65. The molecule has 0 aliphatic heterocycles. The highest BCUT2D eigenvalue weighted by atomic mass is 79.9. The number of hydrogen-bond donors (Lipinski definition) is 2. The summed E-state index contributed by atoms with van der Waals surface area (Å²) in [6.45, 7) is 0. The molecule has 0 aromatic heterocycles. The Morgan fingerprint density at radius 3 is 2.44 bits per heavy atom. The van der Waals surface area contributed by atoms with Gasteiger partial charge in [0.2, 0.25) is 0 Å². The Hall–Kier alpha value is -1.11. The van der Waals surface area contributed by atoms with Crippen molar-refractivity contribution in [2.75, 3.05) is 5.73 Å². The van der Waals surface area contributed by atoms with Crippen molar-refractivity contribution < 1.29 is 13.0 Å². The minimum absolute atomic E-state index is 0.147. The van der Waals surface area contributed by atoms with Crippen molar-refractivity contribution >= 4 is 42.5 Å². The summed E-state index contributed by atoms with van der Waals surface area (Å²) in [6.07, 6.45) is 0. The van der Waals surface area contributed by atoms with E-state index in [1.807, 2.05) is 0 Å². The zero-order chi connectivity index (χ0) is 11.9. The predicted octanol–water partition coefficient (Wildman–Crippen LogP) is 2.43. The van der Waals surface area contributed by atoms with E-state index in [4.69, 9.17) is 10.3 Å². The number of nitrogen functional groups attached to an aromatic ring is 1. The highest BCUT2D eigenvalue weighted by molar-refractivity contribution is 9.10. The lowest BCUT2D eigenvalue weighted by molar-refractivity contribution is 0.483. The van der Waals surface area contributed by atoms with E-state index in [0.29, 0.717) is 11.1 Å². The third-order valence-electron chi connectivity index (χ3n) is 2.27. The lowest BCUT2D eigenvalue weighted by atomic mass is 10.1. The van der Waals surface area contributed by atoms with Crippen molar-refractivity contribution in [1.29, 1.82) is 0 Å². The molecule has 3 N–H and O–H groups in total. The van der Waals surface area contributed by atoms with Crippen LogP contribution in [0.4, 0.5) is 5.69 Å². The maximum absolute atomic E-state index is 11.0. The molecule has 0 aliphatic rings. The first-order valence-electron chi connectivity index (χ1n) is 4.35. The Bertz CT molecular complexity index is 667. The van der Waals surface area contributed by atoms with Crippen molar-refractivity contribution in [3.05, 3.63) is 34.8 Å². The molecule has 0 spiro atoms. The number of fused-ring (bicyclic) bond motifs is 1. The fraction of sp³-hybridized carbons (Fsp3) is 0. The first-order chi connectivity index (χ1) is 7.39. The molecule has 0 radical (unpaired) electrons. The zero-order valence-electron chi connectivity index (χ0n) is 8.01. The van der Waals surface area contributed by atoms with Gasteiger partial charge in [-0.15, -0.1) is 0 Å². The molecular weight excluding hydrogens is 294 g/mol. The van der Waals surface area contributed by atoms with E-state index in [-0.39, 0.29) is 4.90 Å². The summed E-state index contributed by atoms with van der Waals surface area (Å²) < 4.78 is 31.6. The topological polar surface area (TPSA) is 80.4 Å². The molecule has 6 heteroatoms. The quantitative estimate of drug-likeness (QED) is 0.626. The van der Waals surface area contributed by atoms with Crippen LogP contribution >= 0.6 is 15.9 Å². The summed E-state index contributed by atoms with van der Waals surface area (Å²) in [5.41, 5.74) is 6.31. The molecule has 0 heterocycles. The van der Waals surface area contributed by atoms with Crippen LogP contribution < -0.4 is 5.73 Å².